The molecular formula is C36H40O11. The van der Waals surface area contributed by atoms with Crippen LogP contribution in [0.15, 0.2) is 45.1 Å². The summed E-state index contributed by atoms with van der Waals surface area (Å²) in [5, 5.41) is 33.3. The van der Waals surface area contributed by atoms with Crippen LogP contribution >= 0.6 is 0 Å². The van der Waals surface area contributed by atoms with Gasteiger partial charge in [-0.15, -0.1) is 0 Å². The van der Waals surface area contributed by atoms with E-state index in [-0.39, 0.29) is 59.3 Å². The first-order chi connectivity index (χ1) is 22.0. The van der Waals surface area contributed by atoms with E-state index in [9.17, 15) is 34.2 Å². The minimum absolute atomic E-state index is 0.0128. The normalized spacial score (nSPS) is 47.6. The first-order valence-corrected chi connectivity index (χ1v) is 16.5. The summed E-state index contributed by atoms with van der Waals surface area (Å²) in [7, 11) is 1.24. The van der Waals surface area contributed by atoms with E-state index in [1.54, 1.807) is 6.92 Å². The maximum atomic E-state index is 14.4. The molecule has 3 N–H and O–H groups in total. The number of Topliss-reactive ketones (excluding diaryl/α,β-unsaturated/α-hetero) is 1. The second-order valence-corrected chi connectivity index (χ2v) is 15.7. The Morgan fingerprint density at radius 2 is 1.72 bits per heavy atom. The zero-order valence-corrected chi connectivity index (χ0v) is 27.3. The molecule has 0 bridgehead atoms. The molecule has 0 radical (unpaired) electrons. The Balaban J connectivity index is 1.31. The van der Waals surface area contributed by atoms with Gasteiger partial charge in [0.15, 0.2) is 5.78 Å². The Morgan fingerprint density at radius 3 is 2.38 bits per heavy atom. The van der Waals surface area contributed by atoms with Crippen molar-refractivity contribution in [3.8, 4) is 0 Å². The van der Waals surface area contributed by atoms with Gasteiger partial charge in [-0.2, -0.15) is 0 Å². The largest absolute Gasteiger partial charge is 0.478 e. The monoisotopic (exact) mass is 648 g/mol. The second kappa shape index (κ2) is 9.11. The maximum absolute atomic E-state index is 14.4. The fourth-order valence-corrected chi connectivity index (χ4v) is 12.0. The van der Waals surface area contributed by atoms with Crippen molar-refractivity contribution < 1.29 is 53.5 Å². The standard InChI is InChI=1S/C36H40O11/c1-13(7-24(37)38)30(41)46-12-35(44)21-10-20(21)33(4)22(35)11-18-14(2)32(43)47-36(18)23(33)9-17-16-8-19(16)34(5)26(17)27(36)25(28(39)29(34)40)15(3)31(42)45-6/h7,16,19-23,27,29,40,44H,8-12H2,1-6H3,(H,37,38)/b13-7+,25-15?/t16-,19-,20-,21+,22-,23+,27+,29+,33-,34+,35+,36+/m1/s1. The molecule has 8 aliphatic rings. The van der Waals surface area contributed by atoms with E-state index in [4.69, 9.17) is 19.3 Å². The van der Waals surface area contributed by atoms with Crippen LogP contribution < -0.4 is 0 Å². The van der Waals surface area contributed by atoms with Crippen LogP contribution in [0.4, 0.5) is 0 Å². The molecule has 1 heterocycles. The van der Waals surface area contributed by atoms with Crippen LogP contribution in [0.25, 0.3) is 0 Å². The molecule has 8 rings (SSSR count). The predicted octanol–water partition coefficient (Wildman–Crippen LogP) is 2.60. The summed E-state index contributed by atoms with van der Waals surface area (Å²) in [4.78, 5) is 65.1. The maximum Gasteiger partial charge on any atom is 0.334 e. The summed E-state index contributed by atoms with van der Waals surface area (Å²) >= 11 is 0. The summed E-state index contributed by atoms with van der Waals surface area (Å²) in [6.45, 7) is 8.33. The van der Waals surface area contributed by atoms with Gasteiger partial charge in [0.05, 0.1) is 13.0 Å². The van der Waals surface area contributed by atoms with Crippen molar-refractivity contribution in [3.63, 3.8) is 0 Å². The molecule has 1 aliphatic heterocycles. The molecule has 1 spiro atoms. The summed E-state index contributed by atoms with van der Waals surface area (Å²) in [6.07, 6.45) is 1.75. The zero-order valence-electron chi connectivity index (χ0n) is 27.3. The number of rotatable bonds is 5. The number of carboxylic acids is 1. The lowest BCUT2D eigenvalue weighted by molar-refractivity contribution is -0.191. The fraction of sp³-hybridized carbons (Fsp3) is 0.639. The van der Waals surface area contributed by atoms with E-state index in [0.29, 0.717) is 24.0 Å². The smallest absolute Gasteiger partial charge is 0.334 e. The number of carbonyl (C=O) groups excluding carboxylic acids is 4. The molecule has 0 amide bonds. The average Bonchev–Trinajstić information content (AvgIpc) is 3.94. The first kappa shape index (κ1) is 30.7. The molecule has 5 fully saturated rings. The van der Waals surface area contributed by atoms with Gasteiger partial charge in [0.25, 0.3) is 0 Å². The summed E-state index contributed by atoms with van der Waals surface area (Å²) in [6, 6.07) is 0. The van der Waals surface area contributed by atoms with Gasteiger partial charge in [0, 0.05) is 45.6 Å². The Kier molecular flexibility index (Phi) is 5.96. The molecule has 11 heteroatoms. The lowest BCUT2D eigenvalue weighted by atomic mass is 9.42. The predicted molar refractivity (Wildman–Crippen MR) is 161 cm³/mol. The highest BCUT2D eigenvalue weighted by molar-refractivity contribution is 6.09. The minimum atomic E-state index is -1.44. The van der Waals surface area contributed by atoms with Crippen molar-refractivity contribution in [1.82, 2.24) is 0 Å². The highest BCUT2D eigenvalue weighted by atomic mass is 16.6. The molecule has 250 valence electrons. The third-order valence-electron chi connectivity index (χ3n) is 14.2. The minimum Gasteiger partial charge on any atom is -0.478 e. The fourth-order valence-electron chi connectivity index (χ4n) is 12.0. The Bertz CT molecular complexity index is 1760. The van der Waals surface area contributed by atoms with E-state index in [2.05, 4.69) is 6.92 Å². The van der Waals surface area contributed by atoms with Crippen molar-refractivity contribution >= 4 is 29.7 Å². The van der Waals surface area contributed by atoms with Gasteiger partial charge in [0.2, 0.25) is 0 Å². The number of carbonyl (C=O) groups is 5. The molecule has 7 aliphatic carbocycles. The highest BCUT2D eigenvalue weighted by Gasteiger charge is 2.84. The van der Waals surface area contributed by atoms with Crippen molar-refractivity contribution in [2.24, 2.45) is 52.3 Å². The molecule has 12 atom stereocenters. The van der Waals surface area contributed by atoms with Gasteiger partial charge in [0.1, 0.15) is 23.9 Å². The van der Waals surface area contributed by atoms with Crippen LogP contribution in [0.5, 0.6) is 0 Å². The average molecular weight is 649 g/mol. The molecule has 0 saturated heterocycles. The topological polar surface area (TPSA) is 174 Å². The van der Waals surface area contributed by atoms with Gasteiger partial charge in [-0.1, -0.05) is 19.4 Å². The van der Waals surface area contributed by atoms with E-state index in [1.165, 1.54) is 21.0 Å². The number of fused-ring (bicyclic) bond motifs is 7. The molecule has 5 saturated carbocycles. The number of esters is 3. The van der Waals surface area contributed by atoms with Crippen LogP contribution in [-0.2, 0) is 38.2 Å². The molecule has 0 unspecified atom stereocenters. The molecule has 47 heavy (non-hydrogen) atoms. The number of carboxylic acid groups (broad SMARTS) is 1. The quantitative estimate of drug-likeness (QED) is 0.173. The third-order valence-corrected chi connectivity index (χ3v) is 14.2. The van der Waals surface area contributed by atoms with Crippen molar-refractivity contribution in [2.75, 3.05) is 13.7 Å². The summed E-state index contributed by atoms with van der Waals surface area (Å²) in [5.41, 5.74) is -0.930. The highest BCUT2D eigenvalue weighted by Crippen LogP contribution is 2.83. The van der Waals surface area contributed by atoms with Crippen LogP contribution in [0, 0.1) is 52.3 Å². The van der Waals surface area contributed by atoms with Gasteiger partial charge in [-0.25, -0.2) is 19.2 Å². The number of aliphatic hydroxyl groups is 2. The van der Waals surface area contributed by atoms with Gasteiger partial charge in [-0.05, 0) is 86.7 Å². The molecular weight excluding hydrogens is 608 g/mol. The number of aliphatic carboxylic acids is 1. The number of aliphatic hydroxyl groups excluding tert-OH is 1. The van der Waals surface area contributed by atoms with Crippen molar-refractivity contribution in [3.05, 3.63) is 45.1 Å². The van der Waals surface area contributed by atoms with Crippen LogP contribution in [-0.4, -0.2) is 76.0 Å². The number of ether oxygens (including phenoxy) is 3. The summed E-state index contributed by atoms with van der Waals surface area (Å²) in [5.74, 6) is -5.36. The van der Waals surface area contributed by atoms with Crippen molar-refractivity contribution in [1.29, 1.82) is 0 Å². The van der Waals surface area contributed by atoms with Gasteiger partial charge < -0.3 is 29.5 Å². The van der Waals surface area contributed by atoms with Crippen molar-refractivity contribution in [2.45, 2.75) is 77.6 Å². The van der Waals surface area contributed by atoms with E-state index < -0.39 is 69.6 Å². The number of hydrogen-bond donors (Lipinski definition) is 3. The lowest BCUT2D eigenvalue weighted by Gasteiger charge is -2.63. The second-order valence-electron chi connectivity index (χ2n) is 15.7. The summed E-state index contributed by atoms with van der Waals surface area (Å²) < 4.78 is 17.3. The van der Waals surface area contributed by atoms with Gasteiger partial charge in [-0.3, -0.25) is 4.79 Å². The number of allylic oxidation sites excluding steroid dienone is 1. The number of methoxy groups -OCH3 is 1. The third kappa shape index (κ3) is 3.37. The number of hydrogen-bond acceptors (Lipinski definition) is 10. The molecule has 0 aromatic rings. The Morgan fingerprint density at radius 1 is 1.02 bits per heavy atom. The molecule has 0 aromatic heterocycles. The first-order valence-electron chi connectivity index (χ1n) is 16.5. The van der Waals surface area contributed by atoms with Crippen LogP contribution in [0.1, 0.15) is 60.3 Å². The Labute approximate surface area is 271 Å². The van der Waals surface area contributed by atoms with E-state index in [1.807, 2.05) is 6.92 Å². The SMILES string of the molecule is COC(=O)C(C)=C1C(=O)[C@H](O)[C@]2(C)C3=C(C[C@@H]4[C@]5(OC(=O)C(C)=C5C[C@H]5[C@](O)(COC(=O)/C(C)=C/C(=O)O)[C@H]6C[C@H]6[C@@]45C)[C@@H]13)[C@H]1C[C@H]12. The number of ketones is 1. The lowest BCUT2D eigenvalue weighted by Crippen LogP contribution is -2.67. The van der Waals surface area contributed by atoms with E-state index in [0.717, 1.165) is 23.6 Å². The van der Waals surface area contributed by atoms with E-state index >= 15 is 0 Å². The molecule has 11 nitrogen and oxygen atoms in total. The van der Waals surface area contributed by atoms with Crippen LogP contribution in [0.3, 0.4) is 0 Å². The van der Waals surface area contributed by atoms with Crippen LogP contribution in [0.2, 0.25) is 0 Å². The zero-order chi connectivity index (χ0) is 33.9. The molecule has 0 aromatic carbocycles. The van der Waals surface area contributed by atoms with Gasteiger partial charge >= 0.3 is 23.9 Å². The Hall–Kier alpha value is -3.57.